The lowest BCUT2D eigenvalue weighted by Gasteiger charge is -2.23. The normalized spacial score (nSPS) is 16.9. The van der Waals surface area contributed by atoms with E-state index in [0.29, 0.717) is 44.9 Å². The number of aliphatic hydroxyl groups is 1. The molecule has 0 spiro atoms. The molecule has 3 aromatic carbocycles. The Morgan fingerprint density at radius 3 is 2.65 bits per heavy atom. The molecule has 1 amide bonds. The summed E-state index contributed by atoms with van der Waals surface area (Å²) in [5.74, 6) is -0.674. The number of amides is 1. The van der Waals surface area contributed by atoms with Crippen LogP contribution >= 0.6 is 22.9 Å². The van der Waals surface area contributed by atoms with Crippen LogP contribution in [0.1, 0.15) is 30.5 Å². The molecule has 1 aliphatic heterocycles. The van der Waals surface area contributed by atoms with Crippen molar-refractivity contribution in [3.63, 3.8) is 0 Å². The Bertz CT molecular complexity index is 1550. The molecular weight excluding hydrogens is 512 g/mol. The largest absolute Gasteiger partial charge is 0.507 e. The van der Waals surface area contributed by atoms with Gasteiger partial charge in [-0.25, -0.2) is 4.98 Å². The molecule has 0 bridgehead atoms. The number of hydrogen-bond acceptors (Lipinski definition) is 7. The van der Waals surface area contributed by atoms with Crippen molar-refractivity contribution in [2.75, 3.05) is 18.6 Å². The van der Waals surface area contributed by atoms with Gasteiger partial charge in [-0.1, -0.05) is 54.1 Å². The molecule has 188 valence electrons. The zero-order valence-corrected chi connectivity index (χ0v) is 21.7. The van der Waals surface area contributed by atoms with Crippen molar-refractivity contribution in [1.29, 1.82) is 0 Å². The van der Waals surface area contributed by atoms with E-state index < -0.39 is 17.7 Å². The van der Waals surface area contributed by atoms with Gasteiger partial charge in [-0.2, -0.15) is 0 Å². The van der Waals surface area contributed by atoms with Crippen molar-refractivity contribution in [3.05, 3.63) is 88.5 Å². The van der Waals surface area contributed by atoms with E-state index in [9.17, 15) is 14.7 Å². The van der Waals surface area contributed by atoms with Gasteiger partial charge in [0.05, 0.1) is 35.5 Å². The molecule has 1 unspecified atom stereocenters. The summed E-state index contributed by atoms with van der Waals surface area (Å²) in [5.41, 5.74) is 1.56. The predicted octanol–water partition coefficient (Wildman–Crippen LogP) is 6.37. The van der Waals surface area contributed by atoms with Gasteiger partial charge in [0, 0.05) is 10.6 Å². The average Bonchev–Trinajstić information content (AvgIpc) is 3.44. The third-order valence-electron chi connectivity index (χ3n) is 5.98. The highest BCUT2D eigenvalue weighted by molar-refractivity contribution is 7.22. The quantitative estimate of drug-likeness (QED) is 0.168. The van der Waals surface area contributed by atoms with E-state index in [1.54, 1.807) is 67.8 Å². The number of hydrogen-bond donors (Lipinski definition) is 1. The third kappa shape index (κ3) is 4.65. The lowest BCUT2D eigenvalue weighted by molar-refractivity contribution is -0.132. The molecule has 1 N–H and O–H groups in total. The first-order valence-electron chi connectivity index (χ1n) is 11.7. The molecule has 1 saturated heterocycles. The van der Waals surface area contributed by atoms with Crippen molar-refractivity contribution in [2.24, 2.45) is 0 Å². The molecule has 0 saturated carbocycles. The SMILES string of the molecule is CCCOc1cccc(C(O)=C2C(=O)C(=O)N(c3nc4ccc(OC)cc4s3)C2c2cccc(Cl)c2)c1. The molecule has 5 rings (SSSR count). The monoisotopic (exact) mass is 534 g/mol. The predicted molar refractivity (Wildman–Crippen MR) is 145 cm³/mol. The molecule has 1 fully saturated rings. The van der Waals surface area contributed by atoms with Gasteiger partial charge >= 0.3 is 5.91 Å². The Hall–Kier alpha value is -3.88. The number of nitrogens with zero attached hydrogens (tertiary/aromatic N) is 2. The standard InChI is InChI=1S/C28H23ClN2O5S/c1-3-12-36-20-9-5-7-17(14-20)25(32)23-24(16-6-4-8-18(29)13-16)31(27(34)26(23)33)28-30-21-11-10-19(35-2)15-22(21)37-28/h4-11,13-15,24,32H,3,12H2,1-2H3. The van der Waals surface area contributed by atoms with Crippen LogP contribution in [0.25, 0.3) is 16.0 Å². The van der Waals surface area contributed by atoms with E-state index in [2.05, 4.69) is 4.98 Å². The summed E-state index contributed by atoms with van der Waals surface area (Å²) in [7, 11) is 1.57. The zero-order valence-electron chi connectivity index (χ0n) is 20.1. The Morgan fingerprint density at radius 1 is 1.08 bits per heavy atom. The number of aliphatic hydroxyl groups excluding tert-OH is 1. The van der Waals surface area contributed by atoms with Crippen LogP contribution in [0.4, 0.5) is 5.13 Å². The van der Waals surface area contributed by atoms with Crippen LogP contribution in [0.3, 0.4) is 0 Å². The van der Waals surface area contributed by atoms with Crippen molar-refractivity contribution in [3.8, 4) is 11.5 Å². The van der Waals surface area contributed by atoms with Gasteiger partial charge in [-0.05, 0) is 54.4 Å². The highest BCUT2D eigenvalue weighted by atomic mass is 35.5. The molecule has 9 heteroatoms. The number of thiazole rings is 1. The summed E-state index contributed by atoms with van der Waals surface area (Å²) in [6.45, 7) is 2.51. The first-order chi connectivity index (χ1) is 17.9. The number of anilines is 1. The molecule has 2 heterocycles. The highest BCUT2D eigenvalue weighted by Gasteiger charge is 2.48. The molecule has 1 atom stereocenters. The van der Waals surface area contributed by atoms with Crippen LogP contribution in [0, 0.1) is 0 Å². The molecule has 1 aromatic heterocycles. The average molecular weight is 535 g/mol. The topological polar surface area (TPSA) is 89.0 Å². The Kier molecular flexibility index (Phi) is 6.86. The number of rotatable bonds is 7. The van der Waals surface area contributed by atoms with Crippen LogP contribution in [0.2, 0.25) is 5.02 Å². The van der Waals surface area contributed by atoms with Crippen LogP contribution < -0.4 is 14.4 Å². The number of Topliss-reactive ketones (excluding diaryl/α,β-unsaturated/α-hetero) is 1. The molecule has 4 aromatic rings. The summed E-state index contributed by atoms with van der Waals surface area (Å²) >= 11 is 7.55. The lowest BCUT2D eigenvalue weighted by Crippen LogP contribution is -2.29. The molecular formula is C28H23ClN2O5S. The van der Waals surface area contributed by atoms with Crippen LogP contribution in [0.15, 0.2) is 72.3 Å². The molecule has 7 nitrogen and oxygen atoms in total. The second-order valence-electron chi connectivity index (χ2n) is 8.43. The Balaban J connectivity index is 1.68. The minimum Gasteiger partial charge on any atom is -0.507 e. The van der Waals surface area contributed by atoms with Gasteiger partial charge in [-0.3, -0.25) is 14.5 Å². The van der Waals surface area contributed by atoms with Gasteiger partial charge in [0.15, 0.2) is 5.13 Å². The first-order valence-corrected chi connectivity index (χ1v) is 12.8. The number of benzene rings is 3. The fourth-order valence-electron chi connectivity index (χ4n) is 4.25. The number of fused-ring (bicyclic) bond motifs is 1. The van der Waals surface area contributed by atoms with Gasteiger partial charge < -0.3 is 14.6 Å². The van der Waals surface area contributed by atoms with E-state index in [1.807, 2.05) is 13.0 Å². The van der Waals surface area contributed by atoms with Gasteiger partial charge in [0.2, 0.25) is 0 Å². The molecule has 0 aliphatic carbocycles. The van der Waals surface area contributed by atoms with Gasteiger partial charge in [0.1, 0.15) is 17.3 Å². The smallest absolute Gasteiger partial charge is 0.301 e. The summed E-state index contributed by atoms with van der Waals surface area (Å²) in [5, 5.41) is 12.2. The number of carbonyl (C=O) groups excluding carboxylic acids is 2. The Morgan fingerprint density at radius 2 is 1.89 bits per heavy atom. The van der Waals surface area contributed by atoms with E-state index in [0.717, 1.165) is 11.1 Å². The van der Waals surface area contributed by atoms with E-state index in [-0.39, 0.29) is 11.3 Å². The fourth-order valence-corrected chi connectivity index (χ4v) is 5.47. The summed E-state index contributed by atoms with van der Waals surface area (Å²) < 4.78 is 11.8. The second-order valence-corrected chi connectivity index (χ2v) is 9.88. The maximum Gasteiger partial charge on any atom is 0.301 e. The van der Waals surface area contributed by atoms with Crippen molar-refractivity contribution in [2.45, 2.75) is 19.4 Å². The van der Waals surface area contributed by atoms with E-state index in [1.165, 1.54) is 16.2 Å². The van der Waals surface area contributed by atoms with Crippen LogP contribution in [-0.4, -0.2) is 35.5 Å². The van der Waals surface area contributed by atoms with Crippen molar-refractivity contribution in [1.82, 2.24) is 4.98 Å². The summed E-state index contributed by atoms with van der Waals surface area (Å²) in [4.78, 5) is 32.8. The first kappa shape index (κ1) is 24.8. The Labute approximate surface area is 222 Å². The maximum atomic E-state index is 13.4. The molecule has 0 radical (unpaired) electrons. The highest BCUT2D eigenvalue weighted by Crippen LogP contribution is 2.45. The van der Waals surface area contributed by atoms with Gasteiger partial charge in [-0.15, -0.1) is 0 Å². The van der Waals surface area contributed by atoms with Crippen LogP contribution in [-0.2, 0) is 9.59 Å². The van der Waals surface area contributed by atoms with E-state index >= 15 is 0 Å². The zero-order chi connectivity index (χ0) is 26.1. The number of ketones is 1. The van der Waals surface area contributed by atoms with Crippen LogP contribution in [0.5, 0.6) is 11.5 Å². The number of methoxy groups -OCH3 is 1. The van der Waals surface area contributed by atoms with Crippen molar-refractivity contribution < 1.29 is 24.2 Å². The maximum absolute atomic E-state index is 13.4. The van der Waals surface area contributed by atoms with Crippen molar-refractivity contribution >= 4 is 55.7 Å². The fraction of sp³-hybridized carbons (Fsp3) is 0.179. The lowest BCUT2D eigenvalue weighted by atomic mass is 9.95. The van der Waals surface area contributed by atoms with E-state index in [4.69, 9.17) is 21.1 Å². The second kappa shape index (κ2) is 10.2. The molecule has 1 aliphatic rings. The number of ether oxygens (including phenoxy) is 2. The molecule has 37 heavy (non-hydrogen) atoms. The number of aromatic nitrogens is 1. The number of halogens is 1. The number of carbonyl (C=O) groups is 2. The van der Waals surface area contributed by atoms with Gasteiger partial charge in [0.25, 0.3) is 5.78 Å². The minimum absolute atomic E-state index is 0.0447. The third-order valence-corrected chi connectivity index (χ3v) is 7.23. The summed E-state index contributed by atoms with van der Waals surface area (Å²) in [6.07, 6.45) is 0.824. The summed E-state index contributed by atoms with van der Waals surface area (Å²) in [6, 6.07) is 18.2. The minimum atomic E-state index is -0.929.